The lowest BCUT2D eigenvalue weighted by molar-refractivity contribution is 0.0990. The Morgan fingerprint density at radius 2 is 1.70 bits per heavy atom. The summed E-state index contributed by atoms with van der Waals surface area (Å²) in [5.74, 6) is -0.386. The van der Waals surface area contributed by atoms with E-state index in [1.807, 2.05) is 32.0 Å². The van der Waals surface area contributed by atoms with E-state index < -0.39 is 0 Å². The Morgan fingerprint density at radius 3 is 2.25 bits per heavy atom. The first-order chi connectivity index (χ1) is 9.38. The highest BCUT2D eigenvalue weighted by atomic mass is 35.5. The van der Waals surface area contributed by atoms with Crippen molar-refractivity contribution in [1.82, 2.24) is 0 Å². The van der Waals surface area contributed by atoms with Gasteiger partial charge in [0.2, 0.25) is 0 Å². The standard InChI is InChI=1S/C16H16ClNO2/c1-10-6-11(2)8-13(7-10)18(3)16(20)14-5-4-12(17)9-15(14)19/h4-9,19H,1-3H3. The van der Waals surface area contributed by atoms with E-state index in [0.29, 0.717) is 5.02 Å². The Hall–Kier alpha value is -2.00. The molecule has 104 valence electrons. The average Bonchev–Trinajstić information content (AvgIpc) is 2.36. The van der Waals surface area contributed by atoms with Crippen LogP contribution in [0.2, 0.25) is 5.02 Å². The lowest BCUT2D eigenvalue weighted by Crippen LogP contribution is -2.26. The van der Waals surface area contributed by atoms with Crippen LogP contribution < -0.4 is 4.90 Å². The van der Waals surface area contributed by atoms with Crippen LogP contribution in [-0.2, 0) is 0 Å². The van der Waals surface area contributed by atoms with Gasteiger partial charge in [-0.2, -0.15) is 0 Å². The predicted molar refractivity (Wildman–Crippen MR) is 81.8 cm³/mol. The van der Waals surface area contributed by atoms with Crippen LogP contribution in [0.3, 0.4) is 0 Å². The molecule has 0 saturated carbocycles. The van der Waals surface area contributed by atoms with E-state index in [0.717, 1.165) is 16.8 Å². The molecule has 2 rings (SSSR count). The monoisotopic (exact) mass is 289 g/mol. The van der Waals surface area contributed by atoms with Crippen molar-refractivity contribution >= 4 is 23.2 Å². The van der Waals surface area contributed by atoms with Gasteiger partial charge in [0.25, 0.3) is 5.91 Å². The summed E-state index contributed by atoms with van der Waals surface area (Å²) in [6, 6.07) is 10.4. The molecule has 0 aliphatic heterocycles. The lowest BCUT2D eigenvalue weighted by atomic mass is 10.1. The minimum absolute atomic E-state index is 0.112. The van der Waals surface area contributed by atoms with Gasteiger partial charge in [-0.3, -0.25) is 4.79 Å². The Bertz CT molecular complexity index is 647. The summed E-state index contributed by atoms with van der Waals surface area (Å²) in [5.41, 5.74) is 3.19. The van der Waals surface area contributed by atoms with Crippen LogP contribution in [0.1, 0.15) is 21.5 Å². The fourth-order valence-corrected chi connectivity index (χ4v) is 2.29. The molecular formula is C16H16ClNO2. The lowest BCUT2D eigenvalue weighted by Gasteiger charge is -2.19. The van der Waals surface area contributed by atoms with Crippen LogP contribution >= 0.6 is 11.6 Å². The molecule has 1 N–H and O–H groups in total. The third-order valence-electron chi connectivity index (χ3n) is 3.09. The summed E-state index contributed by atoms with van der Waals surface area (Å²) in [5, 5.41) is 10.2. The maximum atomic E-state index is 12.4. The van der Waals surface area contributed by atoms with Crippen LogP contribution in [0.5, 0.6) is 5.75 Å². The van der Waals surface area contributed by atoms with Gasteiger partial charge in [-0.15, -0.1) is 0 Å². The van der Waals surface area contributed by atoms with Crippen molar-refractivity contribution in [1.29, 1.82) is 0 Å². The topological polar surface area (TPSA) is 40.5 Å². The largest absolute Gasteiger partial charge is 0.507 e. The summed E-state index contributed by atoms with van der Waals surface area (Å²) < 4.78 is 0. The number of halogens is 1. The summed E-state index contributed by atoms with van der Waals surface area (Å²) >= 11 is 5.77. The van der Waals surface area contributed by atoms with E-state index in [1.54, 1.807) is 13.1 Å². The molecule has 0 aromatic heterocycles. The molecular weight excluding hydrogens is 274 g/mol. The number of anilines is 1. The smallest absolute Gasteiger partial charge is 0.261 e. The van der Waals surface area contributed by atoms with Gasteiger partial charge in [-0.25, -0.2) is 0 Å². The van der Waals surface area contributed by atoms with Crippen molar-refractivity contribution < 1.29 is 9.90 Å². The Labute approximate surface area is 123 Å². The van der Waals surface area contributed by atoms with Crippen LogP contribution in [0.4, 0.5) is 5.69 Å². The molecule has 2 aromatic rings. The first kappa shape index (κ1) is 14.4. The van der Waals surface area contributed by atoms with Crippen LogP contribution in [0, 0.1) is 13.8 Å². The second kappa shape index (κ2) is 5.55. The number of benzene rings is 2. The summed E-state index contributed by atoms with van der Waals surface area (Å²) in [4.78, 5) is 13.9. The molecule has 20 heavy (non-hydrogen) atoms. The maximum absolute atomic E-state index is 12.4. The van der Waals surface area contributed by atoms with Gasteiger partial charge in [-0.1, -0.05) is 17.7 Å². The van der Waals surface area contributed by atoms with Crippen molar-refractivity contribution in [2.75, 3.05) is 11.9 Å². The quantitative estimate of drug-likeness (QED) is 0.910. The summed E-state index contributed by atoms with van der Waals surface area (Å²) in [6.07, 6.45) is 0. The van der Waals surface area contributed by atoms with E-state index in [9.17, 15) is 9.90 Å². The Morgan fingerprint density at radius 1 is 1.10 bits per heavy atom. The van der Waals surface area contributed by atoms with E-state index in [2.05, 4.69) is 0 Å². The molecule has 0 aliphatic carbocycles. The van der Waals surface area contributed by atoms with Crippen LogP contribution in [0.25, 0.3) is 0 Å². The van der Waals surface area contributed by atoms with Crippen LogP contribution in [-0.4, -0.2) is 18.1 Å². The summed E-state index contributed by atoms with van der Waals surface area (Å²) in [7, 11) is 1.69. The molecule has 4 heteroatoms. The molecule has 0 bridgehead atoms. The molecule has 2 aromatic carbocycles. The number of carbonyl (C=O) groups is 1. The fourth-order valence-electron chi connectivity index (χ4n) is 2.13. The summed E-state index contributed by atoms with van der Waals surface area (Å²) in [6.45, 7) is 3.96. The van der Waals surface area contributed by atoms with Gasteiger partial charge >= 0.3 is 0 Å². The molecule has 0 radical (unpaired) electrons. The SMILES string of the molecule is Cc1cc(C)cc(N(C)C(=O)c2ccc(Cl)cc2O)c1. The molecule has 0 heterocycles. The minimum Gasteiger partial charge on any atom is -0.507 e. The third-order valence-corrected chi connectivity index (χ3v) is 3.32. The van der Waals surface area contributed by atoms with Gasteiger partial charge in [-0.05, 0) is 55.3 Å². The van der Waals surface area contributed by atoms with Gasteiger partial charge in [0, 0.05) is 17.8 Å². The highest BCUT2D eigenvalue weighted by Crippen LogP contribution is 2.25. The molecule has 0 aliphatic rings. The second-order valence-corrected chi connectivity index (χ2v) is 5.31. The zero-order valence-electron chi connectivity index (χ0n) is 11.6. The Balaban J connectivity index is 2.37. The minimum atomic E-state index is -0.274. The number of aromatic hydroxyl groups is 1. The highest BCUT2D eigenvalue weighted by molar-refractivity contribution is 6.31. The third kappa shape index (κ3) is 2.94. The number of hydrogen-bond acceptors (Lipinski definition) is 2. The number of aryl methyl sites for hydroxylation is 2. The molecule has 0 atom stereocenters. The van der Waals surface area contributed by atoms with E-state index in [4.69, 9.17) is 11.6 Å². The van der Waals surface area contributed by atoms with E-state index in [1.165, 1.54) is 17.0 Å². The van der Waals surface area contributed by atoms with Crippen molar-refractivity contribution in [3.8, 4) is 5.75 Å². The number of hydrogen-bond donors (Lipinski definition) is 1. The van der Waals surface area contributed by atoms with Crippen molar-refractivity contribution in [3.05, 3.63) is 58.1 Å². The molecule has 1 amide bonds. The molecule has 0 unspecified atom stereocenters. The molecule has 0 saturated heterocycles. The van der Waals surface area contributed by atoms with Crippen molar-refractivity contribution in [2.45, 2.75) is 13.8 Å². The number of phenols is 1. The normalized spacial score (nSPS) is 10.4. The molecule has 3 nitrogen and oxygen atoms in total. The van der Waals surface area contributed by atoms with Gasteiger partial charge in [0.1, 0.15) is 5.75 Å². The zero-order valence-corrected chi connectivity index (χ0v) is 12.4. The van der Waals surface area contributed by atoms with Crippen molar-refractivity contribution in [3.63, 3.8) is 0 Å². The first-order valence-corrected chi connectivity index (χ1v) is 6.61. The fraction of sp³-hybridized carbons (Fsp3) is 0.188. The van der Waals surface area contributed by atoms with Crippen molar-refractivity contribution in [2.24, 2.45) is 0 Å². The Kier molecular flexibility index (Phi) is 4.00. The predicted octanol–water partition coefficient (Wildman–Crippen LogP) is 3.94. The average molecular weight is 290 g/mol. The number of nitrogens with zero attached hydrogens (tertiary/aromatic N) is 1. The van der Waals surface area contributed by atoms with E-state index >= 15 is 0 Å². The van der Waals surface area contributed by atoms with Crippen LogP contribution in [0.15, 0.2) is 36.4 Å². The first-order valence-electron chi connectivity index (χ1n) is 6.23. The zero-order chi connectivity index (χ0) is 14.9. The molecule has 0 fully saturated rings. The number of rotatable bonds is 2. The van der Waals surface area contributed by atoms with Gasteiger partial charge in [0.15, 0.2) is 0 Å². The molecule has 0 spiro atoms. The van der Waals surface area contributed by atoms with Gasteiger partial charge in [0.05, 0.1) is 5.56 Å². The van der Waals surface area contributed by atoms with E-state index in [-0.39, 0.29) is 17.2 Å². The maximum Gasteiger partial charge on any atom is 0.261 e. The number of carbonyl (C=O) groups excluding carboxylic acids is 1. The number of phenolic OH excluding ortho intramolecular Hbond substituents is 1. The second-order valence-electron chi connectivity index (χ2n) is 4.87. The highest BCUT2D eigenvalue weighted by Gasteiger charge is 2.17. The van der Waals surface area contributed by atoms with Gasteiger partial charge < -0.3 is 10.0 Å². The number of amides is 1.